The fourth-order valence-corrected chi connectivity index (χ4v) is 3.54. The van der Waals surface area contributed by atoms with E-state index in [1.807, 2.05) is 36.4 Å². The van der Waals surface area contributed by atoms with Gasteiger partial charge in [-0.25, -0.2) is 4.68 Å². The second-order valence-corrected chi connectivity index (χ2v) is 7.27. The van der Waals surface area contributed by atoms with Crippen LogP contribution in [0.15, 0.2) is 48.7 Å². The monoisotopic (exact) mass is 407 g/mol. The lowest BCUT2D eigenvalue weighted by Crippen LogP contribution is -2.41. The molecule has 156 valence electrons. The minimum Gasteiger partial charge on any atom is -0.379 e. The molecule has 0 atom stereocenters. The van der Waals surface area contributed by atoms with Gasteiger partial charge in [0.1, 0.15) is 0 Å². The van der Waals surface area contributed by atoms with E-state index in [0.717, 1.165) is 49.4 Å². The van der Waals surface area contributed by atoms with E-state index in [9.17, 15) is 9.59 Å². The zero-order valence-electron chi connectivity index (χ0n) is 16.9. The van der Waals surface area contributed by atoms with E-state index in [1.54, 1.807) is 16.9 Å². The van der Waals surface area contributed by atoms with E-state index in [0.29, 0.717) is 17.8 Å². The predicted octanol–water partition coefficient (Wildman–Crippen LogP) is 2.05. The highest BCUT2D eigenvalue weighted by atomic mass is 16.5. The molecule has 0 bridgehead atoms. The first-order valence-electron chi connectivity index (χ1n) is 10.0. The molecule has 0 unspecified atom stereocenters. The average Bonchev–Trinajstić information content (AvgIpc) is 3.17. The quantitative estimate of drug-likeness (QED) is 0.653. The second kappa shape index (κ2) is 9.06. The van der Waals surface area contributed by atoms with Crippen LogP contribution < -0.4 is 10.6 Å². The van der Waals surface area contributed by atoms with Crippen LogP contribution in [0.1, 0.15) is 17.3 Å². The fraction of sp³-hybridized carbons (Fsp3) is 0.318. The summed E-state index contributed by atoms with van der Waals surface area (Å²) in [6, 6.07) is 13.0. The van der Waals surface area contributed by atoms with E-state index in [1.165, 1.54) is 6.92 Å². The molecule has 2 N–H and O–H groups in total. The molecule has 1 fully saturated rings. The van der Waals surface area contributed by atoms with Gasteiger partial charge in [-0.1, -0.05) is 6.07 Å². The van der Waals surface area contributed by atoms with Crippen LogP contribution in [-0.4, -0.2) is 65.9 Å². The minimum atomic E-state index is -0.129. The molecule has 1 aliphatic heterocycles. The van der Waals surface area contributed by atoms with Crippen molar-refractivity contribution in [1.82, 2.24) is 20.0 Å². The Kier molecular flexibility index (Phi) is 6.06. The molecule has 30 heavy (non-hydrogen) atoms. The molecule has 3 aromatic rings. The first kappa shape index (κ1) is 20.1. The maximum absolute atomic E-state index is 12.6. The van der Waals surface area contributed by atoms with Crippen LogP contribution in [0.4, 0.5) is 5.69 Å². The van der Waals surface area contributed by atoms with E-state index in [2.05, 4.69) is 20.6 Å². The van der Waals surface area contributed by atoms with Crippen molar-refractivity contribution in [1.29, 1.82) is 0 Å². The minimum absolute atomic E-state index is 0.111. The van der Waals surface area contributed by atoms with Gasteiger partial charge in [0.15, 0.2) is 0 Å². The second-order valence-electron chi connectivity index (χ2n) is 7.27. The SMILES string of the molecule is CC(=O)Nc1ccc2cnn(-c3cccc(C(=O)NCCN4CCOCC4)c3)c2c1. The number of carbonyl (C=O) groups is 2. The standard InChI is InChI=1S/C22H25N5O3/c1-16(28)25-19-6-5-18-15-24-27(21(18)14-19)20-4-2-3-17(13-20)22(29)23-7-8-26-9-11-30-12-10-26/h2-6,13-15H,7-12H2,1H3,(H,23,29)(H,25,28). The molecule has 8 heteroatoms. The summed E-state index contributed by atoms with van der Waals surface area (Å²) in [4.78, 5) is 26.3. The molecular weight excluding hydrogens is 382 g/mol. The first-order valence-corrected chi connectivity index (χ1v) is 10.0. The largest absolute Gasteiger partial charge is 0.379 e. The van der Waals surface area contributed by atoms with Gasteiger partial charge in [-0.15, -0.1) is 0 Å². The summed E-state index contributed by atoms with van der Waals surface area (Å²) < 4.78 is 7.11. The smallest absolute Gasteiger partial charge is 0.251 e. The van der Waals surface area contributed by atoms with Gasteiger partial charge in [-0.3, -0.25) is 14.5 Å². The number of nitrogens with zero attached hydrogens (tertiary/aromatic N) is 3. The van der Waals surface area contributed by atoms with E-state index in [4.69, 9.17) is 4.74 Å². The number of aromatic nitrogens is 2. The molecule has 4 rings (SSSR count). The van der Waals surface area contributed by atoms with Crippen molar-refractivity contribution in [3.8, 4) is 5.69 Å². The summed E-state index contributed by atoms with van der Waals surface area (Å²) in [5.74, 6) is -0.239. The van der Waals surface area contributed by atoms with Gasteiger partial charge in [0.05, 0.1) is 30.6 Å². The van der Waals surface area contributed by atoms with Crippen molar-refractivity contribution >= 4 is 28.4 Å². The normalized spacial score (nSPS) is 14.6. The van der Waals surface area contributed by atoms with Gasteiger partial charge in [0.2, 0.25) is 5.91 Å². The lowest BCUT2D eigenvalue weighted by Gasteiger charge is -2.26. The summed E-state index contributed by atoms with van der Waals surface area (Å²) in [6.45, 7) is 6.17. The van der Waals surface area contributed by atoms with Gasteiger partial charge in [-0.05, 0) is 36.4 Å². The number of rotatable bonds is 6. The number of ether oxygens (including phenoxy) is 1. The van der Waals surface area contributed by atoms with Gasteiger partial charge in [0.25, 0.3) is 5.91 Å². The van der Waals surface area contributed by atoms with Crippen molar-refractivity contribution in [2.45, 2.75) is 6.92 Å². The number of benzene rings is 2. The predicted molar refractivity (Wildman–Crippen MR) is 115 cm³/mol. The molecule has 0 aliphatic carbocycles. The Bertz CT molecular complexity index is 1060. The van der Waals surface area contributed by atoms with Crippen molar-refractivity contribution in [3.63, 3.8) is 0 Å². The van der Waals surface area contributed by atoms with E-state index < -0.39 is 0 Å². The molecule has 1 aromatic heterocycles. The Morgan fingerprint density at radius 3 is 2.77 bits per heavy atom. The van der Waals surface area contributed by atoms with Crippen molar-refractivity contribution < 1.29 is 14.3 Å². The zero-order chi connectivity index (χ0) is 20.9. The van der Waals surface area contributed by atoms with Crippen LogP contribution in [0.3, 0.4) is 0 Å². The zero-order valence-corrected chi connectivity index (χ0v) is 16.9. The average molecular weight is 407 g/mol. The third-order valence-electron chi connectivity index (χ3n) is 5.06. The summed E-state index contributed by atoms with van der Waals surface area (Å²) in [7, 11) is 0. The highest BCUT2D eigenvalue weighted by Gasteiger charge is 2.12. The molecule has 2 aromatic carbocycles. The Balaban J connectivity index is 1.48. The Labute approximate surface area is 174 Å². The Morgan fingerprint density at radius 1 is 1.13 bits per heavy atom. The summed E-state index contributed by atoms with van der Waals surface area (Å²) in [6.07, 6.45) is 1.77. The summed E-state index contributed by atoms with van der Waals surface area (Å²) in [5, 5.41) is 11.2. The number of hydrogen-bond acceptors (Lipinski definition) is 5. The third kappa shape index (κ3) is 4.67. The van der Waals surface area contributed by atoms with Crippen molar-refractivity contribution in [3.05, 3.63) is 54.2 Å². The highest BCUT2D eigenvalue weighted by Crippen LogP contribution is 2.22. The van der Waals surface area contributed by atoms with E-state index >= 15 is 0 Å². The highest BCUT2D eigenvalue weighted by molar-refractivity contribution is 5.95. The van der Waals surface area contributed by atoms with Gasteiger partial charge < -0.3 is 15.4 Å². The lowest BCUT2D eigenvalue weighted by molar-refractivity contribution is -0.114. The van der Waals surface area contributed by atoms with Gasteiger partial charge in [-0.2, -0.15) is 5.10 Å². The molecule has 8 nitrogen and oxygen atoms in total. The fourth-order valence-electron chi connectivity index (χ4n) is 3.54. The Hall–Kier alpha value is -3.23. The van der Waals surface area contributed by atoms with Crippen LogP contribution in [-0.2, 0) is 9.53 Å². The number of hydrogen-bond donors (Lipinski definition) is 2. The first-order chi connectivity index (χ1) is 14.6. The maximum atomic E-state index is 12.6. The summed E-state index contributed by atoms with van der Waals surface area (Å²) in [5.41, 5.74) is 2.92. The van der Waals surface area contributed by atoms with Crippen molar-refractivity contribution in [2.24, 2.45) is 0 Å². The third-order valence-corrected chi connectivity index (χ3v) is 5.06. The molecule has 0 spiro atoms. The molecule has 0 saturated carbocycles. The van der Waals surface area contributed by atoms with E-state index in [-0.39, 0.29) is 11.8 Å². The molecule has 1 saturated heterocycles. The van der Waals surface area contributed by atoms with Crippen LogP contribution >= 0.6 is 0 Å². The number of nitrogens with one attached hydrogen (secondary N) is 2. The number of carbonyl (C=O) groups excluding carboxylic acids is 2. The molecule has 0 radical (unpaired) electrons. The van der Waals surface area contributed by atoms with Gasteiger partial charge >= 0.3 is 0 Å². The van der Waals surface area contributed by atoms with Gasteiger partial charge in [0, 0.05) is 49.7 Å². The maximum Gasteiger partial charge on any atom is 0.251 e. The van der Waals surface area contributed by atoms with Crippen molar-refractivity contribution in [2.75, 3.05) is 44.7 Å². The molecular formula is C22H25N5O3. The van der Waals surface area contributed by atoms with Crippen LogP contribution in [0.2, 0.25) is 0 Å². The van der Waals surface area contributed by atoms with Crippen LogP contribution in [0, 0.1) is 0 Å². The topological polar surface area (TPSA) is 88.5 Å². The Morgan fingerprint density at radius 2 is 1.97 bits per heavy atom. The molecule has 1 aliphatic rings. The van der Waals surface area contributed by atoms with Crippen LogP contribution in [0.5, 0.6) is 0 Å². The number of morpholine rings is 1. The lowest BCUT2D eigenvalue weighted by atomic mass is 10.1. The number of anilines is 1. The molecule has 2 amide bonds. The number of amides is 2. The molecule has 2 heterocycles. The summed E-state index contributed by atoms with van der Waals surface area (Å²) >= 11 is 0. The number of fused-ring (bicyclic) bond motifs is 1. The van der Waals surface area contributed by atoms with Crippen LogP contribution in [0.25, 0.3) is 16.6 Å².